The van der Waals surface area contributed by atoms with Crippen LogP contribution >= 0.6 is 31.3 Å². The Balaban J connectivity index is 2.91. The molecule has 0 amide bonds. The van der Waals surface area contributed by atoms with Gasteiger partial charge in [0.2, 0.25) is 0 Å². The number of rotatable bonds is 42. The number of ether oxygens (including phenoxy) is 2. The zero-order valence-electron chi connectivity index (χ0n) is 39.6. The van der Waals surface area contributed by atoms with Gasteiger partial charge >= 0.3 is 43.2 Å². The van der Waals surface area contributed by atoms with Gasteiger partial charge in [-0.2, -0.15) is 0 Å². The molecule has 0 spiro atoms. The maximum Gasteiger partial charge on any atom is 0.472 e. The number of aliphatic hydroxyl groups is 2. The second kappa shape index (κ2) is 35.2. The fraction of sp³-hybridized carbons (Fsp3) is 0.927. The van der Waals surface area contributed by atoms with Crippen LogP contribution in [0.3, 0.4) is 0 Å². The summed E-state index contributed by atoms with van der Waals surface area (Å²) in [5.74, 6) is -1.13. The van der Waals surface area contributed by atoms with Gasteiger partial charge in [-0.3, -0.25) is 37.0 Å². The fourth-order valence-electron chi connectivity index (χ4n) is 7.62. The molecule has 8 atom stereocenters. The van der Waals surface area contributed by atoms with E-state index < -0.39 is 99.2 Å². The summed E-state index contributed by atoms with van der Waals surface area (Å²) in [6, 6.07) is 0. The van der Waals surface area contributed by atoms with Gasteiger partial charge in [-0.05, 0) is 25.7 Å². The molecule has 0 heterocycles. The van der Waals surface area contributed by atoms with Crippen LogP contribution in [0.4, 0.5) is 0 Å². The lowest BCUT2D eigenvalue weighted by Crippen LogP contribution is -2.65. The van der Waals surface area contributed by atoms with E-state index in [1.807, 2.05) is 6.92 Å². The third-order valence-electron chi connectivity index (χ3n) is 11.0. The minimum atomic E-state index is -5.79. The van der Waals surface area contributed by atoms with E-state index in [4.69, 9.17) is 18.5 Å². The van der Waals surface area contributed by atoms with Crippen molar-refractivity contribution >= 4 is 49.0 Å². The van der Waals surface area contributed by atoms with E-state index in [0.29, 0.717) is 31.5 Å². The van der Waals surface area contributed by atoms with E-state index in [1.54, 1.807) is 0 Å². The Morgan fingerprint density at radius 3 is 1.19 bits per heavy atom. The number of Topliss-reactive ketones (excluding diaryl/α,β-unsaturated/α-hetero) is 1. The van der Waals surface area contributed by atoms with Gasteiger partial charge in [-0.1, -0.05) is 136 Å². The van der Waals surface area contributed by atoms with Gasteiger partial charge in [0.1, 0.15) is 49.0 Å². The lowest BCUT2D eigenvalue weighted by atomic mass is 9.85. The van der Waals surface area contributed by atoms with Crippen molar-refractivity contribution in [3.63, 3.8) is 0 Å². The van der Waals surface area contributed by atoms with Crippen molar-refractivity contribution in [2.45, 2.75) is 230 Å². The minimum Gasteiger partial charge on any atom is -0.462 e. The number of phosphoric ester groups is 4. The number of esters is 2. The molecule has 4 unspecified atom stereocenters. The second-order valence-corrected chi connectivity index (χ2v) is 22.2. The van der Waals surface area contributed by atoms with Crippen molar-refractivity contribution in [1.29, 1.82) is 0 Å². The molecule has 27 heteroatoms. The van der Waals surface area contributed by atoms with Crippen LogP contribution in [-0.2, 0) is 64.7 Å². The highest BCUT2D eigenvalue weighted by Gasteiger charge is 2.59. The van der Waals surface area contributed by atoms with Crippen LogP contribution in [0.1, 0.15) is 187 Å². The first-order valence-electron chi connectivity index (χ1n) is 24.0. The van der Waals surface area contributed by atoms with Gasteiger partial charge in [0, 0.05) is 25.7 Å². The van der Waals surface area contributed by atoms with E-state index in [-0.39, 0.29) is 12.8 Å². The van der Waals surface area contributed by atoms with Crippen LogP contribution < -0.4 is 0 Å². The van der Waals surface area contributed by atoms with Crippen molar-refractivity contribution in [1.82, 2.24) is 0 Å². The number of unbranched alkanes of at least 4 members (excludes halogenated alkanes) is 20. The van der Waals surface area contributed by atoms with E-state index in [0.717, 1.165) is 89.9 Å². The molecular formula is C41H80O23P4. The predicted molar refractivity (Wildman–Crippen MR) is 245 cm³/mol. The summed E-state index contributed by atoms with van der Waals surface area (Å²) in [4.78, 5) is 104. The molecule has 402 valence electrons. The largest absolute Gasteiger partial charge is 0.472 e. The van der Waals surface area contributed by atoms with Crippen molar-refractivity contribution in [3.05, 3.63) is 0 Å². The van der Waals surface area contributed by atoms with Crippen LogP contribution in [0.2, 0.25) is 0 Å². The Morgan fingerprint density at radius 2 is 0.794 bits per heavy atom. The summed E-state index contributed by atoms with van der Waals surface area (Å²) < 4.78 is 82.0. The molecule has 1 fully saturated rings. The lowest BCUT2D eigenvalue weighted by molar-refractivity contribution is -0.209. The van der Waals surface area contributed by atoms with Crippen LogP contribution in [-0.4, -0.2) is 118 Å². The molecule has 1 aliphatic rings. The summed E-state index contributed by atoms with van der Waals surface area (Å²) >= 11 is 0. The number of carbonyl (C=O) groups excluding carboxylic acids is 3. The summed E-state index contributed by atoms with van der Waals surface area (Å²) in [7, 11) is -23.0. The molecule has 0 aromatic heterocycles. The Labute approximate surface area is 400 Å². The number of ketones is 1. The lowest BCUT2D eigenvalue weighted by Gasteiger charge is -2.45. The highest BCUT2D eigenvalue weighted by Crippen LogP contribution is 2.53. The van der Waals surface area contributed by atoms with E-state index in [1.165, 1.54) is 44.9 Å². The SMILES string of the molecule is CCCCCCCCCCCCCCCC(=O)O[C@H](COC(=O)CCCCCCCCCCCC(=O)CCC)COP(=O)(O)OC1C(O)[C@@H](OP(=O)(O)O)C(OP(=O)(O)O)[C@@H](OP(=O)(O)O)[C@H]1O. The van der Waals surface area contributed by atoms with Gasteiger partial charge < -0.3 is 53.9 Å². The molecule has 68 heavy (non-hydrogen) atoms. The average molecular weight is 1060 g/mol. The molecule has 0 aliphatic heterocycles. The quantitative estimate of drug-likeness (QED) is 0.0165. The van der Waals surface area contributed by atoms with Gasteiger partial charge in [0.15, 0.2) is 6.10 Å². The molecule has 1 saturated carbocycles. The first-order valence-corrected chi connectivity index (χ1v) is 30.1. The summed E-state index contributed by atoms with van der Waals surface area (Å²) in [6.07, 6.45) is 6.02. The van der Waals surface area contributed by atoms with E-state index >= 15 is 0 Å². The number of hydrogen-bond donors (Lipinski definition) is 9. The molecule has 23 nitrogen and oxygen atoms in total. The number of aliphatic hydroxyl groups excluding tert-OH is 2. The average Bonchev–Trinajstić information content (AvgIpc) is 3.23. The Kier molecular flexibility index (Phi) is 33.6. The predicted octanol–water partition coefficient (Wildman–Crippen LogP) is 7.25. The first-order chi connectivity index (χ1) is 31.9. The van der Waals surface area contributed by atoms with Gasteiger partial charge in [0.05, 0.1) is 6.61 Å². The normalized spacial score (nSPS) is 21.6. The summed E-state index contributed by atoms with van der Waals surface area (Å²) in [5, 5.41) is 21.8. The van der Waals surface area contributed by atoms with Crippen molar-refractivity contribution in [2.75, 3.05) is 13.2 Å². The van der Waals surface area contributed by atoms with Crippen LogP contribution in [0.15, 0.2) is 0 Å². The molecule has 0 aromatic rings. The molecule has 1 rings (SSSR count). The molecule has 9 N–H and O–H groups in total. The van der Waals surface area contributed by atoms with Crippen molar-refractivity contribution < 1.29 is 109 Å². The molecule has 1 aliphatic carbocycles. The topological polar surface area (TPSA) is 366 Å². The Bertz CT molecular complexity index is 1560. The monoisotopic (exact) mass is 1060 g/mol. The molecule has 0 bridgehead atoms. The van der Waals surface area contributed by atoms with E-state index in [2.05, 4.69) is 20.5 Å². The van der Waals surface area contributed by atoms with Crippen LogP contribution in [0.5, 0.6) is 0 Å². The number of phosphoric acid groups is 4. The maximum atomic E-state index is 13.2. The maximum absolute atomic E-state index is 13.2. The highest BCUT2D eigenvalue weighted by molar-refractivity contribution is 7.47. The molecule has 0 aromatic carbocycles. The van der Waals surface area contributed by atoms with E-state index in [9.17, 15) is 77.1 Å². The van der Waals surface area contributed by atoms with Gasteiger partial charge in [-0.25, -0.2) is 18.3 Å². The zero-order valence-corrected chi connectivity index (χ0v) is 43.2. The van der Waals surface area contributed by atoms with Crippen molar-refractivity contribution in [2.24, 2.45) is 0 Å². The number of hydrogen-bond acceptors (Lipinski definition) is 16. The third kappa shape index (κ3) is 32.8. The van der Waals surface area contributed by atoms with Gasteiger partial charge in [-0.15, -0.1) is 0 Å². The fourth-order valence-corrected chi connectivity index (χ4v) is 10.3. The zero-order chi connectivity index (χ0) is 51.2. The molecular weight excluding hydrogens is 984 g/mol. The van der Waals surface area contributed by atoms with Crippen molar-refractivity contribution in [3.8, 4) is 0 Å². The highest BCUT2D eigenvalue weighted by atomic mass is 31.2. The third-order valence-corrected chi connectivity index (χ3v) is 13.6. The summed E-state index contributed by atoms with van der Waals surface area (Å²) in [6.45, 7) is 2.50. The van der Waals surface area contributed by atoms with Gasteiger partial charge in [0.25, 0.3) is 0 Å². The Hall–Kier alpha value is -1.03. The van der Waals surface area contributed by atoms with Crippen LogP contribution in [0, 0.1) is 0 Å². The number of carbonyl (C=O) groups is 3. The second-order valence-electron chi connectivity index (χ2n) is 17.3. The summed E-state index contributed by atoms with van der Waals surface area (Å²) in [5.41, 5.74) is 0. The minimum absolute atomic E-state index is 0.00769. The first kappa shape index (κ1) is 65.0. The van der Waals surface area contributed by atoms with Crippen LogP contribution in [0.25, 0.3) is 0 Å². The Morgan fingerprint density at radius 1 is 0.426 bits per heavy atom. The molecule has 0 radical (unpaired) electrons. The smallest absolute Gasteiger partial charge is 0.462 e. The standard InChI is InChI=1S/C41H80O23P4/c1-3-5-6-7-8-9-10-11-12-15-19-22-25-29-35(44)60-33(30-58-34(43)28-24-21-18-16-13-14-17-20-23-27-32(42)26-4-2)31-59-68(56,57)64-38-36(45)39(61-65(47,48)49)41(63-67(53,54)55)40(37(38)46)62-66(50,51)52/h33,36-41,45-46H,3-31H2,1-2H3,(H,56,57)(H2,47,48,49)(H2,50,51,52)(H2,53,54,55)/t33-,36+,37?,38?,39+,40-,41?/m1/s1. The molecule has 0 saturated heterocycles.